The van der Waals surface area contributed by atoms with E-state index in [4.69, 9.17) is 4.74 Å². The fraction of sp³-hybridized carbons (Fsp3) is 0.571. The number of aliphatic hydroxyl groups is 1. The molecule has 3 N–H and O–H groups in total. The van der Waals surface area contributed by atoms with E-state index in [0.29, 0.717) is 6.54 Å². The molecule has 1 heterocycles. The molecule has 0 aliphatic carbocycles. The third-order valence-corrected chi connectivity index (χ3v) is 8.30. The molecule has 2 aromatic rings. The Kier molecular flexibility index (Phi) is 15.8. The average molecular weight is 596 g/mol. The standard InChI is InChI=1S/C28H45N3O5.C7H8/c1-6-10-23-15-14-22-12-8-11-21(26(22)36-23)13-9-16-29-25(33)17-30-27(34)24(18-32)31(5)28(35)20(4)19(3)7-2;1-7-5-3-2-4-6-7/h8,11-12,19-20,23-24,32H,6-7,9-10,13-18H2,1-5H3,(H,29,33)(H,30,34);2-6H,1H3. The second-order valence-electron chi connectivity index (χ2n) is 11.6. The average Bonchev–Trinajstić information content (AvgIpc) is 3.02. The molecule has 8 heteroatoms. The molecule has 0 radical (unpaired) electrons. The molecular formula is C35H53N3O5. The highest BCUT2D eigenvalue weighted by Crippen LogP contribution is 2.33. The Morgan fingerprint density at radius 1 is 1.05 bits per heavy atom. The van der Waals surface area contributed by atoms with Crippen molar-refractivity contribution >= 4 is 17.7 Å². The van der Waals surface area contributed by atoms with Gasteiger partial charge in [-0.2, -0.15) is 0 Å². The van der Waals surface area contributed by atoms with Crippen molar-refractivity contribution in [3.63, 3.8) is 0 Å². The van der Waals surface area contributed by atoms with Crippen LogP contribution in [-0.2, 0) is 27.2 Å². The maximum Gasteiger partial charge on any atom is 0.245 e. The minimum absolute atomic E-state index is 0.166. The number of amides is 3. The van der Waals surface area contributed by atoms with Gasteiger partial charge >= 0.3 is 0 Å². The van der Waals surface area contributed by atoms with Gasteiger partial charge in [0.25, 0.3) is 0 Å². The zero-order valence-electron chi connectivity index (χ0n) is 27.0. The summed E-state index contributed by atoms with van der Waals surface area (Å²) in [6.45, 7) is 9.84. The van der Waals surface area contributed by atoms with Gasteiger partial charge in [0.2, 0.25) is 17.7 Å². The van der Waals surface area contributed by atoms with E-state index in [2.05, 4.69) is 54.8 Å². The first-order valence-electron chi connectivity index (χ1n) is 15.8. The molecule has 0 fully saturated rings. The number of rotatable bonds is 14. The van der Waals surface area contributed by atoms with Crippen molar-refractivity contribution in [1.29, 1.82) is 0 Å². The molecule has 0 spiro atoms. The maximum absolute atomic E-state index is 12.7. The van der Waals surface area contributed by atoms with Gasteiger partial charge in [-0.25, -0.2) is 0 Å². The molecule has 43 heavy (non-hydrogen) atoms. The summed E-state index contributed by atoms with van der Waals surface area (Å²) in [6.07, 6.45) is 6.93. The smallest absolute Gasteiger partial charge is 0.245 e. The largest absolute Gasteiger partial charge is 0.490 e. The summed E-state index contributed by atoms with van der Waals surface area (Å²) in [4.78, 5) is 38.8. The molecule has 8 nitrogen and oxygen atoms in total. The Balaban J connectivity index is 0.000000804. The molecule has 3 rings (SSSR count). The fourth-order valence-electron chi connectivity index (χ4n) is 5.09. The van der Waals surface area contributed by atoms with Crippen molar-refractivity contribution in [2.75, 3.05) is 26.7 Å². The minimum atomic E-state index is -1.03. The summed E-state index contributed by atoms with van der Waals surface area (Å²) < 4.78 is 6.27. The van der Waals surface area contributed by atoms with E-state index >= 15 is 0 Å². The van der Waals surface area contributed by atoms with Gasteiger partial charge in [-0.1, -0.05) is 94.6 Å². The van der Waals surface area contributed by atoms with Gasteiger partial charge in [-0.15, -0.1) is 0 Å². The predicted molar refractivity (Wildman–Crippen MR) is 172 cm³/mol. The van der Waals surface area contributed by atoms with Crippen LogP contribution in [0.15, 0.2) is 48.5 Å². The van der Waals surface area contributed by atoms with Crippen LogP contribution in [0.2, 0.25) is 0 Å². The number of ether oxygens (including phenoxy) is 1. The van der Waals surface area contributed by atoms with Crippen LogP contribution in [0, 0.1) is 18.8 Å². The summed E-state index contributed by atoms with van der Waals surface area (Å²) in [5, 5.41) is 15.1. The fourth-order valence-corrected chi connectivity index (χ4v) is 5.09. The monoisotopic (exact) mass is 595 g/mol. The first-order valence-corrected chi connectivity index (χ1v) is 15.8. The van der Waals surface area contributed by atoms with E-state index in [9.17, 15) is 19.5 Å². The highest BCUT2D eigenvalue weighted by molar-refractivity contribution is 5.91. The molecule has 0 saturated heterocycles. The van der Waals surface area contributed by atoms with E-state index in [-0.39, 0.29) is 36.3 Å². The number of hydrogen-bond donors (Lipinski definition) is 3. The second-order valence-corrected chi connectivity index (χ2v) is 11.6. The Morgan fingerprint density at radius 3 is 2.37 bits per heavy atom. The summed E-state index contributed by atoms with van der Waals surface area (Å²) in [6, 6.07) is 15.5. The van der Waals surface area contributed by atoms with Crippen LogP contribution < -0.4 is 15.4 Å². The van der Waals surface area contributed by atoms with Gasteiger partial charge in [0.1, 0.15) is 11.8 Å². The van der Waals surface area contributed by atoms with Crippen LogP contribution in [0.5, 0.6) is 5.75 Å². The molecule has 0 bridgehead atoms. The van der Waals surface area contributed by atoms with Crippen molar-refractivity contribution in [2.24, 2.45) is 11.8 Å². The molecule has 238 valence electrons. The number of likely N-dealkylation sites (N-methyl/N-ethyl adjacent to an activating group) is 1. The van der Waals surface area contributed by atoms with Crippen LogP contribution in [0.1, 0.15) is 76.5 Å². The minimum Gasteiger partial charge on any atom is -0.490 e. The Bertz CT molecular complexity index is 1140. The summed E-state index contributed by atoms with van der Waals surface area (Å²) >= 11 is 0. The molecule has 0 aromatic heterocycles. The van der Waals surface area contributed by atoms with Gasteiger partial charge in [0, 0.05) is 19.5 Å². The first-order chi connectivity index (χ1) is 20.6. The van der Waals surface area contributed by atoms with Gasteiger partial charge in [0.05, 0.1) is 19.3 Å². The highest BCUT2D eigenvalue weighted by atomic mass is 16.5. The van der Waals surface area contributed by atoms with Gasteiger partial charge in [-0.3, -0.25) is 14.4 Å². The lowest BCUT2D eigenvalue weighted by molar-refractivity contribution is -0.144. The third-order valence-electron chi connectivity index (χ3n) is 8.30. The Morgan fingerprint density at radius 2 is 1.77 bits per heavy atom. The molecule has 4 atom stereocenters. The van der Waals surface area contributed by atoms with Crippen molar-refractivity contribution in [2.45, 2.75) is 91.7 Å². The van der Waals surface area contributed by atoms with E-state index < -0.39 is 18.6 Å². The number of para-hydroxylation sites is 1. The lowest BCUT2D eigenvalue weighted by Crippen LogP contribution is -2.53. The predicted octanol–water partition coefficient (Wildman–Crippen LogP) is 4.84. The van der Waals surface area contributed by atoms with Crippen LogP contribution in [-0.4, -0.2) is 66.6 Å². The summed E-state index contributed by atoms with van der Waals surface area (Å²) in [5.74, 6) is -0.138. The van der Waals surface area contributed by atoms with Crippen LogP contribution in [0.3, 0.4) is 0 Å². The zero-order chi connectivity index (χ0) is 31.8. The van der Waals surface area contributed by atoms with Crippen LogP contribution >= 0.6 is 0 Å². The number of carbonyl (C=O) groups is 3. The van der Waals surface area contributed by atoms with Gasteiger partial charge in [0.15, 0.2) is 0 Å². The summed E-state index contributed by atoms with van der Waals surface area (Å²) in [5.41, 5.74) is 3.75. The molecule has 1 aliphatic heterocycles. The normalized spacial score (nSPS) is 15.8. The Hall–Kier alpha value is -3.39. The van der Waals surface area contributed by atoms with Crippen molar-refractivity contribution in [1.82, 2.24) is 15.5 Å². The lowest BCUT2D eigenvalue weighted by Gasteiger charge is -2.30. The number of nitrogens with zero attached hydrogens (tertiary/aromatic N) is 1. The number of nitrogens with one attached hydrogen (secondary N) is 2. The van der Waals surface area contributed by atoms with Crippen molar-refractivity contribution in [3.8, 4) is 5.75 Å². The first kappa shape index (κ1) is 35.8. The third kappa shape index (κ3) is 11.7. The van der Waals surface area contributed by atoms with E-state index in [1.54, 1.807) is 0 Å². The number of benzene rings is 2. The number of carbonyl (C=O) groups excluding carboxylic acids is 3. The molecule has 3 amide bonds. The van der Waals surface area contributed by atoms with E-state index in [1.165, 1.54) is 28.6 Å². The molecule has 2 aromatic carbocycles. The lowest BCUT2D eigenvalue weighted by atomic mass is 9.92. The number of aryl methyl sites for hydroxylation is 3. The quantitative estimate of drug-likeness (QED) is 0.271. The molecule has 1 aliphatic rings. The highest BCUT2D eigenvalue weighted by Gasteiger charge is 2.31. The SMILES string of the molecule is CCCC1CCc2cccc(CCCNC(=O)CNC(=O)C(CO)N(C)C(=O)C(C)C(C)CC)c2O1.Cc1ccccc1. The zero-order valence-corrected chi connectivity index (χ0v) is 27.0. The molecule has 0 saturated carbocycles. The number of fused-ring (bicyclic) bond motifs is 1. The van der Waals surface area contributed by atoms with Crippen molar-refractivity contribution in [3.05, 3.63) is 65.2 Å². The number of hydrogen-bond acceptors (Lipinski definition) is 5. The number of aliphatic hydroxyl groups excluding tert-OH is 1. The maximum atomic E-state index is 12.7. The van der Waals surface area contributed by atoms with E-state index in [0.717, 1.165) is 50.7 Å². The second kappa shape index (κ2) is 19.0. The molecular weight excluding hydrogens is 542 g/mol. The van der Waals surface area contributed by atoms with Crippen molar-refractivity contribution < 1.29 is 24.2 Å². The van der Waals surface area contributed by atoms with Gasteiger partial charge < -0.3 is 25.4 Å². The van der Waals surface area contributed by atoms with E-state index in [1.807, 2.05) is 39.0 Å². The van der Waals surface area contributed by atoms with Crippen LogP contribution in [0.4, 0.5) is 0 Å². The van der Waals surface area contributed by atoms with Gasteiger partial charge in [-0.05, 0) is 56.1 Å². The Labute approximate surface area is 258 Å². The topological polar surface area (TPSA) is 108 Å². The molecule has 4 unspecified atom stereocenters. The summed E-state index contributed by atoms with van der Waals surface area (Å²) in [7, 11) is 1.51. The van der Waals surface area contributed by atoms with Crippen LogP contribution in [0.25, 0.3) is 0 Å².